The summed E-state index contributed by atoms with van der Waals surface area (Å²) in [5.74, 6) is -1.77. The minimum atomic E-state index is -1.29. The van der Waals surface area contributed by atoms with Crippen LogP contribution in [0.25, 0.3) is 10.9 Å². The van der Waals surface area contributed by atoms with Crippen LogP contribution in [-0.4, -0.2) is 59.9 Å². The smallest absolute Gasteiger partial charge is 0.341 e. The molecule has 28 heavy (non-hydrogen) atoms. The first-order valence-corrected chi connectivity index (χ1v) is 9.62. The lowest BCUT2D eigenvalue weighted by Crippen LogP contribution is -2.53. The van der Waals surface area contributed by atoms with Gasteiger partial charge >= 0.3 is 5.97 Å². The van der Waals surface area contributed by atoms with Crippen LogP contribution in [0.1, 0.15) is 34.8 Å². The molecule has 0 radical (unpaired) electrons. The maximum absolute atomic E-state index is 15.3. The van der Waals surface area contributed by atoms with Crippen molar-refractivity contribution in [2.24, 2.45) is 0 Å². The summed E-state index contributed by atoms with van der Waals surface area (Å²) in [5, 5.41) is 9.56. The molecule has 1 N–H and O–H groups in total. The van der Waals surface area contributed by atoms with Crippen molar-refractivity contribution in [3.63, 3.8) is 0 Å². The van der Waals surface area contributed by atoms with Crippen LogP contribution < -0.4 is 10.3 Å². The molecule has 2 aromatic rings. The number of fused-ring (bicyclic) bond motifs is 5. The van der Waals surface area contributed by atoms with Crippen molar-refractivity contribution in [2.75, 3.05) is 38.2 Å². The highest BCUT2D eigenvalue weighted by Gasteiger charge is 2.35. The number of likely N-dealkylation sites (N-methyl/N-ethyl adjacent to an activating group) is 1. The zero-order valence-corrected chi connectivity index (χ0v) is 15.7. The highest BCUT2D eigenvalue weighted by atomic mass is 19.1. The Morgan fingerprint density at radius 2 is 2.07 bits per heavy atom. The van der Waals surface area contributed by atoms with E-state index >= 15 is 4.39 Å². The summed E-state index contributed by atoms with van der Waals surface area (Å²) in [7, 11) is 2.04. The fraction of sp³-hybridized carbons (Fsp3) is 0.500. The van der Waals surface area contributed by atoms with E-state index in [1.165, 1.54) is 12.3 Å². The number of carbonyl (C=O) groups is 1. The van der Waals surface area contributed by atoms with E-state index in [-0.39, 0.29) is 29.6 Å². The van der Waals surface area contributed by atoms with Crippen molar-refractivity contribution in [3.05, 3.63) is 39.4 Å². The van der Waals surface area contributed by atoms with Crippen LogP contribution >= 0.6 is 0 Å². The minimum Gasteiger partial charge on any atom is -0.477 e. The summed E-state index contributed by atoms with van der Waals surface area (Å²) >= 11 is 0. The van der Waals surface area contributed by atoms with E-state index in [2.05, 4.69) is 9.80 Å². The molecule has 7 nitrogen and oxygen atoms in total. The zero-order chi connectivity index (χ0) is 19.6. The van der Waals surface area contributed by atoms with E-state index in [4.69, 9.17) is 4.74 Å². The van der Waals surface area contributed by atoms with Crippen molar-refractivity contribution >= 4 is 22.6 Å². The van der Waals surface area contributed by atoms with Gasteiger partial charge in [0, 0.05) is 42.8 Å². The topological polar surface area (TPSA) is 75.0 Å². The van der Waals surface area contributed by atoms with Crippen LogP contribution in [-0.2, 0) is 11.3 Å². The van der Waals surface area contributed by atoms with E-state index in [9.17, 15) is 14.7 Å². The van der Waals surface area contributed by atoms with Gasteiger partial charge in [-0.1, -0.05) is 0 Å². The van der Waals surface area contributed by atoms with Gasteiger partial charge in [-0.2, -0.15) is 0 Å². The molecule has 1 atom stereocenters. The maximum Gasteiger partial charge on any atom is 0.341 e. The minimum absolute atomic E-state index is 0.0475. The maximum atomic E-state index is 15.3. The average molecular weight is 387 g/mol. The summed E-state index contributed by atoms with van der Waals surface area (Å²) in [5.41, 5.74) is 0.822. The first-order chi connectivity index (χ1) is 13.5. The van der Waals surface area contributed by atoms with E-state index in [0.29, 0.717) is 29.9 Å². The lowest BCUT2D eigenvalue weighted by atomic mass is 10.0. The van der Waals surface area contributed by atoms with Crippen molar-refractivity contribution < 1.29 is 19.0 Å². The third kappa shape index (κ3) is 2.62. The Kier molecular flexibility index (Phi) is 3.96. The number of aromatic carboxylic acids is 1. The van der Waals surface area contributed by atoms with Gasteiger partial charge in [-0.05, 0) is 26.0 Å². The van der Waals surface area contributed by atoms with Gasteiger partial charge in [0.25, 0.3) is 0 Å². The molecule has 1 saturated heterocycles. The number of halogens is 1. The second kappa shape index (κ2) is 6.28. The summed E-state index contributed by atoms with van der Waals surface area (Å²) in [4.78, 5) is 28.6. The van der Waals surface area contributed by atoms with E-state index in [1.807, 2.05) is 11.6 Å². The number of aromatic nitrogens is 1. The Hall–Kier alpha value is -2.45. The molecule has 8 heteroatoms. The van der Waals surface area contributed by atoms with Gasteiger partial charge in [-0.3, -0.25) is 4.79 Å². The third-order valence-electron chi connectivity index (χ3n) is 6.04. The van der Waals surface area contributed by atoms with E-state index < -0.39 is 17.2 Å². The van der Waals surface area contributed by atoms with Gasteiger partial charge in [0.1, 0.15) is 11.4 Å². The van der Waals surface area contributed by atoms with Crippen molar-refractivity contribution in [1.82, 2.24) is 9.47 Å². The second-order valence-corrected chi connectivity index (χ2v) is 8.02. The molecule has 148 valence electrons. The number of anilines is 1. The number of carboxylic acids is 1. The van der Waals surface area contributed by atoms with Crippen LogP contribution in [0.5, 0.6) is 0 Å². The Morgan fingerprint density at radius 1 is 1.29 bits per heavy atom. The van der Waals surface area contributed by atoms with Gasteiger partial charge in [0.2, 0.25) is 5.43 Å². The Morgan fingerprint density at radius 3 is 2.79 bits per heavy atom. The van der Waals surface area contributed by atoms with Crippen LogP contribution in [0.15, 0.2) is 17.1 Å². The Bertz CT molecular complexity index is 1050. The molecule has 0 spiro atoms. The molecule has 0 amide bonds. The highest BCUT2D eigenvalue weighted by Crippen LogP contribution is 2.41. The van der Waals surface area contributed by atoms with E-state index in [1.54, 1.807) is 0 Å². The molecule has 3 heterocycles. The standard InChI is InChI=1S/C20H22FN3O4/c1-22-4-5-23-12(7-22)9-28-10-15-17-13(6-16(21)18(15)23)19(25)14(20(26)27)8-24(17)11-2-3-11/h6,8,11-12H,2-5,7,9-10H2,1H3,(H,26,27). The second-order valence-electron chi connectivity index (χ2n) is 8.02. The molecule has 2 aliphatic heterocycles. The number of pyridine rings is 1. The van der Waals surface area contributed by atoms with Crippen molar-refractivity contribution in [3.8, 4) is 0 Å². The quantitative estimate of drug-likeness (QED) is 0.847. The first kappa shape index (κ1) is 17.6. The number of nitrogens with zero attached hydrogens (tertiary/aromatic N) is 3. The lowest BCUT2D eigenvalue weighted by molar-refractivity contribution is 0.0695. The Labute approximate surface area is 160 Å². The number of ether oxygens (including phenoxy) is 1. The van der Waals surface area contributed by atoms with Crippen LogP contribution in [0, 0.1) is 5.82 Å². The predicted octanol–water partition coefficient (Wildman–Crippen LogP) is 1.82. The molecule has 1 aliphatic carbocycles. The lowest BCUT2D eigenvalue weighted by Gasteiger charge is -2.40. The molecule has 1 unspecified atom stereocenters. The van der Waals surface area contributed by atoms with Crippen LogP contribution in [0.3, 0.4) is 0 Å². The molecule has 3 aliphatic rings. The molecule has 5 rings (SSSR count). The van der Waals surface area contributed by atoms with Crippen molar-refractivity contribution in [1.29, 1.82) is 0 Å². The summed E-state index contributed by atoms with van der Waals surface area (Å²) in [6, 6.07) is 1.41. The molecule has 1 saturated carbocycles. The Balaban J connectivity index is 1.81. The van der Waals surface area contributed by atoms with Gasteiger partial charge in [-0.15, -0.1) is 0 Å². The first-order valence-electron chi connectivity index (χ1n) is 9.62. The number of carboxylic acid groups (broad SMARTS) is 1. The SMILES string of the molecule is CN1CCN2c3c(F)cc4c(=O)c(C(=O)O)cn(C5CC5)c4c3COCC2C1. The van der Waals surface area contributed by atoms with Crippen LogP contribution in [0.4, 0.5) is 10.1 Å². The van der Waals surface area contributed by atoms with Gasteiger partial charge in [0.05, 0.1) is 30.5 Å². The van der Waals surface area contributed by atoms with Crippen molar-refractivity contribution in [2.45, 2.75) is 31.5 Å². The van der Waals surface area contributed by atoms with Crippen LogP contribution in [0.2, 0.25) is 0 Å². The molecular formula is C20H22FN3O4. The molecule has 2 fully saturated rings. The summed E-state index contributed by atoms with van der Waals surface area (Å²) in [6.45, 7) is 2.98. The van der Waals surface area contributed by atoms with Gasteiger partial charge in [-0.25, -0.2) is 9.18 Å². The monoisotopic (exact) mass is 387 g/mol. The summed E-state index contributed by atoms with van der Waals surface area (Å²) in [6.07, 6.45) is 3.26. The molecule has 1 aromatic heterocycles. The number of benzene rings is 1. The molecule has 1 aromatic carbocycles. The van der Waals surface area contributed by atoms with Gasteiger partial charge < -0.3 is 24.2 Å². The number of hydrogen-bond acceptors (Lipinski definition) is 5. The summed E-state index contributed by atoms with van der Waals surface area (Å²) < 4.78 is 23.1. The van der Waals surface area contributed by atoms with Gasteiger partial charge in [0.15, 0.2) is 0 Å². The highest BCUT2D eigenvalue weighted by molar-refractivity contribution is 5.95. The molecule has 0 bridgehead atoms. The third-order valence-corrected chi connectivity index (χ3v) is 6.04. The average Bonchev–Trinajstić information content (AvgIpc) is 3.48. The van der Waals surface area contributed by atoms with E-state index in [0.717, 1.165) is 25.9 Å². The predicted molar refractivity (Wildman–Crippen MR) is 102 cm³/mol. The number of piperazine rings is 1. The fourth-order valence-corrected chi connectivity index (χ4v) is 4.54. The number of rotatable bonds is 2. The number of hydrogen-bond donors (Lipinski definition) is 1. The largest absolute Gasteiger partial charge is 0.477 e. The molecular weight excluding hydrogens is 365 g/mol. The normalized spacial score (nSPS) is 22.6. The fourth-order valence-electron chi connectivity index (χ4n) is 4.54. The zero-order valence-electron chi connectivity index (χ0n) is 15.7.